The van der Waals surface area contributed by atoms with Crippen molar-refractivity contribution < 1.29 is 9.84 Å². The first kappa shape index (κ1) is 14.6. The van der Waals surface area contributed by atoms with Crippen molar-refractivity contribution >= 4 is 0 Å². The van der Waals surface area contributed by atoms with Gasteiger partial charge in [-0.2, -0.15) is 0 Å². The zero-order valence-electron chi connectivity index (χ0n) is 14.1. The number of aliphatic hydroxyl groups is 1. The van der Waals surface area contributed by atoms with Crippen molar-refractivity contribution in [2.75, 3.05) is 7.11 Å². The molecule has 0 unspecified atom stereocenters. The summed E-state index contributed by atoms with van der Waals surface area (Å²) in [6.45, 7) is 4.48. The Morgan fingerprint density at radius 1 is 1.23 bits per heavy atom. The number of hydrogen-bond acceptors (Lipinski definition) is 2. The van der Waals surface area contributed by atoms with Gasteiger partial charge in [-0.05, 0) is 91.9 Å². The van der Waals surface area contributed by atoms with Crippen LogP contribution in [0.3, 0.4) is 0 Å². The van der Waals surface area contributed by atoms with Crippen LogP contribution in [0.2, 0.25) is 0 Å². The van der Waals surface area contributed by atoms with Crippen LogP contribution in [0.4, 0.5) is 0 Å². The molecule has 2 fully saturated rings. The number of hydrogen-bond donors (Lipinski definition) is 1. The predicted octanol–water partition coefficient (Wildman–Crippen LogP) is 4.30. The summed E-state index contributed by atoms with van der Waals surface area (Å²) in [4.78, 5) is 0. The molecule has 2 nitrogen and oxygen atoms in total. The Kier molecular flexibility index (Phi) is 3.14. The third-order valence-corrected chi connectivity index (χ3v) is 6.90. The molecule has 0 aromatic heterocycles. The molecule has 0 bridgehead atoms. The van der Waals surface area contributed by atoms with Crippen LogP contribution < -0.4 is 4.74 Å². The van der Waals surface area contributed by atoms with Gasteiger partial charge in [0.05, 0.1) is 12.7 Å². The number of methoxy groups -OCH3 is 1. The molecule has 3 aliphatic rings. The van der Waals surface area contributed by atoms with Crippen LogP contribution >= 0.6 is 0 Å². The Bertz CT molecular complexity index is 591. The normalized spacial score (nSPS) is 43.2. The molecule has 22 heavy (non-hydrogen) atoms. The Morgan fingerprint density at radius 2 is 2.05 bits per heavy atom. The summed E-state index contributed by atoms with van der Waals surface area (Å²) in [6.07, 6.45) is 6.98. The fraction of sp³-hybridized carbons (Fsp3) is 0.700. The van der Waals surface area contributed by atoms with Gasteiger partial charge in [0.15, 0.2) is 0 Å². The maximum absolute atomic E-state index is 10.6. The van der Waals surface area contributed by atoms with Gasteiger partial charge in [0.25, 0.3) is 0 Å². The van der Waals surface area contributed by atoms with Gasteiger partial charge in [-0.3, -0.25) is 0 Å². The van der Waals surface area contributed by atoms with E-state index in [-0.39, 0.29) is 0 Å². The lowest BCUT2D eigenvalue weighted by Gasteiger charge is -2.49. The molecule has 5 atom stereocenters. The smallest absolute Gasteiger partial charge is 0.119 e. The first-order chi connectivity index (χ1) is 10.4. The van der Waals surface area contributed by atoms with E-state index in [1.165, 1.54) is 31.2 Å². The maximum atomic E-state index is 10.6. The number of ether oxygens (including phenoxy) is 1. The van der Waals surface area contributed by atoms with Crippen molar-refractivity contribution in [3.63, 3.8) is 0 Å². The van der Waals surface area contributed by atoms with Crippen LogP contribution in [0.1, 0.15) is 63.0 Å². The molecule has 3 aliphatic carbocycles. The molecule has 0 saturated heterocycles. The highest BCUT2D eigenvalue weighted by atomic mass is 16.5. The van der Waals surface area contributed by atoms with E-state index in [9.17, 15) is 5.11 Å². The van der Waals surface area contributed by atoms with Gasteiger partial charge in [0.2, 0.25) is 0 Å². The average molecular weight is 300 g/mol. The third-order valence-electron chi connectivity index (χ3n) is 6.90. The zero-order valence-corrected chi connectivity index (χ0v) is 14.1. The van der Waals surface area contributed by atoms with Crippen LogP contribution in [0.5, 0.6) is 5.75 Å². The number of aryl methyl sites for hydroxylation is 1. The molecular weight excluding hydrogens is 272 g/mol. The van der Waals surface area contributed by atoms with Crippen molar-refractivity contribution in [2.24, 2.45) is 17.3 Å². The van der Waals surface area contributed by atoms with Gasteiger partial charge in [0.1, 0.15) is 5.75 Å². The van der Waals surface area contributed by atoms with Crippen LogP contribution in [0.15, 0.2) is 18.2 Å². The van der Waals surface area contributed by atoms with Crippen LogP contribution in [-0.4, -0.2) is 17.8 Å². The van der Waals surface area contributed by atoms with Crippen LogP contribution in [0.25, 0.3) is 0 Å². The van der Waals surface area contributed by atoms with Crippen molar-refractivity contribution in [3.05, 3.63) is 29.3 Å². The van der Waals surface area contributed by atoms with Crippen molar-refractivity contribution in [1.29, 1.82) is 0 Å². The lowest BCUT2D eigenvalue weighted by Crippen LogP contribution is -2.39. The molecule has 1 aromatic rings. The molecule has 1 aromatic carbocycles. The molecule has 1 N–H and O–H groups in total. The van der Waals surface area contributed by atoms with Gasteiger partial charge in [-0.15, -0.1) is 0 Å². The molecule has 120 valence electrons. The summed E-state index contributed by atoms with van der Waals surface area (Å²) in [5.41, 5.74) is 2.96. The standard InChI is InChI=1S/C20H28O2/c1-19-9-8-16-15-7-5-14(22-3)10-13(15)4-6-17(16)18(19)11-20(2,21)12-19/h5,7,10,16-18,21H,4,6,8-9,11-12H2,1-3H3/t16-,17+,18+,19-,20-/m1/s1. The minimum Gasteiger partial charge on any atom is -0.497 e. The molecule has 2 heteroatoms. The van der Waals surface area contributed by atoms with Gasteiger partial charge in [0, 0.05) is 0 Å². The Morgan fingerprint density at radius 3 is 2.82 bits per heavy atom. The summed E-state index contributed by atoms with van der Waals surface area (Å²) in [6, 6.07) is 6.67. The fourth-order valence-electron chi connectivity index (χ4n) is 6.11. The van der Waals surface area contributed by atoms with Gasteiger partial charge in [-0.25, -0.2) is 0 Å². The average Bonchev–Trinajstić information content (AvgIpc) is 2.74. The molecule has 0 heterocycles. The largest absolute Gasteiger partial charge is 0.497 e. The van der Waals surface area contributed by atoms with E-state index in [2.05, 4.69) is 25.1 Å². The molecule has 0 aliphatic heterocycles. The van der Waals surface area contributed by atoms with Crippen molar-refractivity contribution in [2.45, 2.75) is 63.9 Å². The van der Waals surface area contributed by atoms with Gasteiger partial charge < -0.3 is 9.84 Å². The molecule has 0 amide bonds. The summed E-state index contributed by atoms with van der Waals surface area (Å²) >= 11 is 0. The van der Waals surface area contributed by atoms with E-state index in [4.69, 9.17) is 4.74 Å². The molecular formula is C20H28O2. The quantitative estimate of drug-likeness (QED) is 0.838. The fourth-order valence-corrected chi connectivity index (χ4v) is 6.11. The summed E-state index contributed by atoms with van der Waals surface area (Å²) in [5.74, 6) is 3.13. The van der Waals surface area contributed by atoms with E-state index in [1.54, 1.807) is 12.7 Å². The van der Waals surface area contributed by atoms with E-state index in [0.29, 0.717) is 17.3 Å². The summed E-state index contributed by atoms with van der Waals surface area (Å²) in [5, 5.41) is 10.6. The Hall–Kier alpha value is -1.02. The minimum atomic E-state index is -0.450. The predicted molar refractivity (Wildman–Crippen MR) is 88.2 cm³/mol. The first-order valence-electron chi connectivity index (χ1n) is 8.81. The third kappa shape index (κ3) is 2.11. The highest BCUT2D eigenvalue weighted by Crippen LogP contribution is 2.63. The Labute approximate surface area is 133 Å². The molecule has 0 radical (unpaired) electrons. The molecule has 2 saturated carbocycles. The van der Waals surface area contributed by atoms with E-state index >= 15 is 0 Å². The van der Waals surface area contributed by atoms with Crippen molar-refractivity contribution in [1.82, 2.24) is 0 Å². The minimum absolute atomic E-state index is 0.356. The number of fused-ring (bicyclic) bond motifs is 5. The molecule has 4 rings (SSSR count). The maximum Gasteiger partial charge on any atom is 0.119 e. The summed E-state index contributed by atoms with van der Waals surface area (Å²) < 4.78 is 5.40. The monoisotopic (exact) mass is 300 g/mol. The topological polar surface area (TPSA) is 29.5 Å². The van der Waals surface area contributed by atoms with Gasteiger partial charge >= 0.3 is 0 Å². The second-order valence-electron chi connectivity index (χ2n) is 8.55. The first-order valence-corrected chi connectivity index (χ1v) is 8.81. The van der Waals surface area contributed by atoms with Crippen LogP contribution in [0, 0.1) is 17.3 Å². The summed E-state index contributed by atoms with van der Waals surface area (Å²) in [7, 11) is 1.75. The van der Waals surface area contributed by atoms with Crippen molar-refractivity contribution in [3.8, 4) is 5.75 Å². The molecule has 0 spiro atoms. The van der Waals surface area contributed by atoms with Gasteiger partial charge in [-0.1, -0.05) is 13.0 Å². The zero-order chi connectivity index (χ0) is 15.5. The highest BCUT2D eigenvalue weighted by molar-refractivity contribution is 5.40. The lowest BCUT2D eigenvalue weighted by atomic mass is 9.56. The highest BCUT2D eigenvalue weighted by Gasteiger charge is 2.56. The van der Waals surface area contributed by atoms with E-state index in [0.717, 1.165) is 24.5 Å². The number of benzene rings is 1. The van der Waals surface area contributed by atoms with Crippen LogP contribution in [-0.2, 0) is 6.42 Å². The van der Waals surface area contributed by atoms with E-state index in [1.807, 2.05) is 6.92 Å². The second-order valence-corrected chi connectivity index (χ2v) is 8.55. The lowest BCUT2D eigenvalue weighted by molar-refractivity contribution is 0.0511. The Balaban J connectivity index is 1.68. The van der Waals surface area contributed by atoms with E-state index < -0.39 is 5.60 Å². The number of rotatable bonds is 1. The SMILES string of the molecule is COc1ccc2c(c1)CC[C@H]1[C@@H]2CC[C@]2(C)C[C@](C)(O)C[C@@H]12. The second kappa shape index (κ2) is 4.74.